The standard InChI is InChI=1S/C30H33N3O7/c1-15(34)31-18-6-8-22(39-2)20(12-18)32-28(37)19-13-30(38)23-11-17-5-7-21(35)26-24(17)29(30,27(40-26)25(19)36)9-10-33(23)14-16-3-4-16/h5-8,12,16,19,23,27,35,38H,3-4,9-11,13-14H2,1-2H3,(H,31,34)(H,32,37)/t19?,23-,27+,29+,30-/m1/s1. The molecule has 2 amide bonds. The van der Waals surface area contributed by atoms with Crippen molar-refractivity contribution in [2.24, 2.45) is 11.8 Å². The van der Waals surface area contributed by atoms with Crippen LogP contribution in [0, 0.1) is 11.8 Å². The second-order valence-electron chi connectivity index (χ2n) is 12.0. The Morgan fingerprint density at radius 2 is 2.00 bits per heavy atom. The largest absolute Gasteiger partial charge is 0.504 e. The summed E-state index contributed by atoms with van der Waals surface area (Å²) in [5, 5.41) is 29.0. The Labute approximate surface area is 231 Å². The molecule has 10 heteroatoms. The average Bonchev–Trinajstić information content (AvgIpc) is 3.65. The summed E-state index contributed by atoms with van der Waals surface area (Å²) in [5.41, 5.74) is 0.0604. The van der Waals surface area contributed by atoms with Gasteiger partial charge in [-0.2, -0.15) is 0 Å². The fourth-order valence-corrected chi connectivity index (χ4v) is 7.83. The van der Waals surface area contributed by atoms with Crippen molar-refractivity contribution in [1.29, 1.82) is 0 Å². The lowest BCUT2D eigenvalue weighted by atomic mass is 9.47. The van der Waals surface area contributed by atoms with Crippen molar-refractivity contribution in [2.45, 2.75) is 62.2 Å². The van der Waals surface area contributed by atoms with Crippen molar-refractivity contribution in [3.63, 3.8) is 0 Å². The zero-order valence-electron chi connectivity index (χ0n) is 22.5. The number of phenols is 1. The molecule has 1 unspecified atom stereocenters. The zero-order chi connectivity index (χ0) is 28.0. The van der Waals surface area contributed by atoms with E-state index in [2.05, 4.69) is 15.5 Å². The van der Waals surface area contributed by atoms with E-state index in [0.717, 1.165) is 24.2 Å². The highest BCUT2D eigenvalue weighted by atomic mass is 16.5. The number of ketones is 1. The number of Topliss-reactive ketones (excluding diaryl/α,β-unsaturated/α-hetero) is 1. The number of aromatic hydroxyl groups is 1. The second kappa shape index (κ2) is 8.68. The maximum absolute atomic E-state index is 14.1. The molecular weight excluding hydrogens is 514 g/mol. The Morgan fingerprint density at radius 1 is 1.20 bits per heavy atom. The molecule has 2 aliphatic heterocycles. The summed E-state index contributed by atoms with van der Waals surface area (Å²) >= 11 is 0. The number of phenolic OH excluding ortho intramolecular Hbond substituents is 1. The maximum Gasteiger partial charge on any atom is 0.235 e. The number of carbonyl (C=O) groups excluding carboxylic acids is 3. The smallest absolute Gasteiger partial charge is 0.235 e. The highest BCUT2D eigenvalue weighted by Crippen LogP contribution is 2.65. The van der Waals surface area contributed by atoms with Crippen LogP contribution in [0.15, 0.2) is 30.3 Å². The number of piperidine rings is 1. The first-order valence-corrected chi connectivity index (χ1v) is 13.9. The van der Waals surface area contributed by atoms with Gasteiger partial charge in [-0.05, 0) is 74.4 Å². The molecule has 3 fully saturated rings. The van der Waals surface area contributed by atoms with Crippen molar-refractivity contribution >= 4 is 29.0 Å². The van der Waals surface area contributed by atoms with Crippen LogP contribution >= 0.6 is 0 Å². The van der Waals surface area contributed by atoms with Crippen molar-refractivity contribution in [2.75, 3.05) is 30.8 Å². The monoisotopic (exact) mass is 547 g/mol. The van der Waals surface area contributed by atoms with Crippen molar-refractivity contribution < 1.29 is 34.1 Å². The summed E-state index contributed by atoms with van der Waals surface area (Å²) in [6.07, 6.45) is 2.28. The number of hydrogen-bond donors (Lipinski definition) is 4. The lowest BCUT2D eigenvalue weighted by Gasteiger charge is -2.63. The molecule has 40 heavy (non-hydrogen) atoms. The minimum Gasteiger partial charge on any atom is -0.504 e. The number of methoxy groups -OCH3 is 1. The summed E-state index contributed by atoms with van der Waals surface area (Å²) in [6, 6.07) is 8.04. The van der Waals surface area contributed by atoms with Gasteiger partial charge in [-0.25, -0.2) is 0 Å². The normalized spacial score (nSPS) is 31.7. The summed E-state index contributed by atoms with van der Waals surface area (Å²) in [7, 11) is 1.46. The number of nitrogens with zero attached hydrogens (tertiary/aromatic N) is 1. The predicted molar refractivity (Wildman–Crippen MR) is 145 cm³/mol. The summed E-state index contributed by atoms with van der Waals surface area (Å²) < 4.78 is 11.6. The third kappa shape index (κ3) is 3.45. The van der Waals surface area contributed by atoms with Crippen LogP contribution in [0.5, 0.6) is 17.2 Å². The SMILES string of the molecule is COc1ccc(NC(C)=O)cc1NC(=O)C1C[C@@]2(O)[C@H]3Cc4ccc(O)c5c4[C@@]2(CCN3CC2CC2)[C@@H](O5)C1=O. The van der Waals surface area contributed by atoms with Gasteiger partial charge in [0.05, 0.1) is 23.8 Å². The Hall–Kier alpha value is -3.63. The predicted octanol–water partition coefficient (Wildman–Crippen LogP) is 2.36. The fraction of sp³-hybridized carbons (Fsp3) is 0.500. The molecule has 210 valence electrons. The van der Waals surface area contributed by atoms with E-state index in [-0.39, 0.29) is 29.9 Å². The first-order chi connectivity index (χ1) is 19.2. The van der Waals surface area contributed by atoms with E-state index in [1.807, 2.05) is 6.07 Å². The van der Waals surface area contributed by atoms with E-state index in [1.54, 1.807) is 24.3 Å². The van der Waals surface area contributed by atoms with E-state index >= 15 is 0 Å². The second-order valence-corrected chi connectivity index (χ2v) is 12.0. The summed E-state index contributed by atoms with van der Waals surface area (Å²) in [6.45, 7) is 2.98. The van der Waals surface area contributed by atoms with E-state index < -0.39 is 34.7 Å². The van der Waals surface area contributed by atoms with Gasteiger partial charge in [-0.15, -0.1) is 0 Å². The van der Waals surface area contributed by atoms with Gasteiger partial charge in [0.15, 0.2) is 23.4 Å². The van der Waals surface area contributed by atoms with Gasteiger partial charge in [-0.3, -0.25) is 19.3 Å². The van der Waals surface area contributed by atoms with Crippen LogP contribution in [0.3, 0.4) is 0 Å². The third-order valence-corrected chi connectivity index (χ3v) is 9.72. The number of ether oxygens (including phenoxy) is 2. The molecule has 4 N–H and O–H groups in total. The first-order valence-electron chi connectivity index (χ1n) is 13.9. The molecule has 7 rings (SSSR count). The van der Waals surface area contributed by atoms with Crippen LogP contribution in [0.25, 0.3) is 0 Å². The molecule has 2 heterocycles. The number of hydrogen-bond acceptors (Lipinski definition) is 8. The average molecular weight is 548 g/mol. The number of amides is 2. The van der Waals surface area contributed by atoms with E-state index in [0.29, 0.717) is 35.9 Å². The van der Waals surface area contributed by atoms with Crippen LogP contribution in [0.4, 0.5) is 11.4 Å². The number of anilines is 2. The molecule has 0 radical (unpaired) electrons. The molecule has 5 atom stereocenters. The molecule has 2 aromatic rings. The van der Waals surface area contributed by atoms with Crippen LogP contribution < -0.4 is 20.1 Å². The van der Waals surface area contributed by atoms with Gasteiger partial charge in [0.2, 0.25) is 11.8 Å². The Kier molecular flexibility index (Phi) is 5.50. The van der Waals surface area contributed by atoms with E-state index in [9.17, 15) is 24.6 Å². The molecule has 1 spiro atoms. The number of aliphatic hydroxyl groups is 1. The highest BCUT2D eigenvalue weighted by molar-refractivity contribution is 6.11. The van der Waals surface area contributed by atoms with Crippen molar-refractivity contribution in [1.82, 2.24) is 4.90 Å². The van der Waals surface area contributed by atoms with Crippen LogP contribution in [0.1, 0.15) is 43.7 Å². The minimum atomic E-state index is -1.41. The van der Waals surface area contributed by atoms with Crippen molar-refractivity contribution in [3.05, 3.63) is 41.5 Å². The zero-order valence-corrected chi connectivity index (χ0v) is 22.5. The van der Waals surface area contributed by atoms with Gasteiger partial charge in [0.25, 0.3) is 0 Å². The molecule has 1 saturated heterocycles. The Balaban J connectivity index is 1.27. The van der Waals surface area contributed by atoms with Crippen LogP contribution in [-0.2, 0) is 26.2 Å². The number of likely N-dealkylation sites (tertiary alicyclic amines) is 1. The summed E-state index contributed by atoms with van der Waals surface area (Å²) in [5.74, 6) is -1.25. The number of nitrogens with one attached hydrogen (secondary N) is 2. The minimum absolute atomic E-state index is 0.0500. The van der Waals surface area contributed by atoms with Crippen molar-refractivity contribution in [3.8, 4) is 17.2 Å². The number of carbonyl (C=O) groups is 3. The van der Waals surface area contributed by atoms with Gasteiger partial charge in [0, 0.05) is 30.8 Å². The third-order valence-electron chi connectivity index (χ3n) is 9.72. The summed E-state index contributed by atoms with van der Waals surface area (Å²) in [4.78, 5) is 41.8. The molecule has 2 saturated carbocycles. The van der Waals surface area contributed by atoms with E-state index in [4.69, 9.17) is 9.47 Å². The number of benzene rings is 2. The lowest BCUT2D eigenvalue weighted by Crippen LogP contribution is -2.78. The molecule has 5 aliphatic rings. The number of rotatable bonds is 6. The molecule has 10 nitrogen and oxygen atoms in total. The fourth-order valence-electron chi connectivity index (χ4n) is 7.83. The highest BCUT2D eigenvalue weighted by Gasteiger charge is 2.75. The molecule has 0 aromatic heterocycles. The topological polar surface area (TPSA) is 137 Å². The van der Waals surface area contributed by atoms with E-state index in [1.165, 1.54) is 26.9 Å². The molecule has 2 bridgehead atoms. The lowest BCUT2D eigenvalue weighted by molar-refractivity contribution is -0.197. The van der Waals surface area contributed by atoms with Gasteiger partial charge < -0.3 is 30.3 Å². The quantitative estimate of drug-likeness (QED) is 0.405. The van der Waals surface area contributed by atoms with Gasteiger partial charge in [-0.1, -0.05) is 6.07 Å². The van der Waals surface area contributed by atoms with Gasteiger partial charge >= 0.3 is 0 Å². The Morgan fingerprint density at radius 3 is 2.73 bits per heavy atom. The molecule has 2 aromatic carbocycles. The maximum atomic E-state index is 14.1. The first kappa shape index (κ1) is 25.3. The molecular formula is C30H33N3O7. The van der Waals surface area contributed by atoms with Crippen LogP contribution in [-0.4, -0.2) is 70.7 Å². The van der Waals surface area contributed by atoms with Crippen LogP contribution in [0.2, 0.25) is 0 Å². The molecule has 3 aliphatic carbocycles. The van der Waals surface area contributed by atoms with Gasteiger partial charge in [0.1, 0.15) is 11.7 Å². The Bertz CT molecular complexity index is 1460.